The molecular weight excluding hydrogens is 291 g/mol. The summed E-state index contributed by atoms with van der Waals surface area (Å²) in [5.74, 6) is -0.549. The van der Waals surface area contributed by atoms with Gasteiger partial charge in [0, 0.05) is 6.54 Å². The lowest BCUT2D eigenvalue weighted by atomic mass is 9.74. The second-order valence-corrected chi connectivity index (χ2v) is 7.73. The first-order valence-electron chi connectivity index (χ1n) is 7.34. The van der Waals surface area contributed by atoms with E-state index in [1.54, 1.807) is 6.92 Å². The van der Waals surface area contributed by atoms with Gasteiger partial charge in [-0.15, -0.1) is 0 Å². The highest BCUT2D eigenvalue weighted by molar-refractivity contribution is 7.89. The van der Waals surface area contributed by atoms with E-state index in [0.717, 1.165) is 31.7 Å². The van der Waals surface area contributed by atoms with Crippen LogP contribution in [-0.2, 0) is 10.0 Å². The Kier molecular flexibility index (Phi) is 5.01. The van der Waals surface area contributed by atoms with Crippen molar-refractivity contribution < 1.29 is 12.8 Å². The number of halogens is 1. The number of benzene rings is 1. The number of nitrogens with one attached hydrogen (secondary N) is 1. The van der Waals surface area contributed by atoms with Crippen LogP contribution in [0.25, 0.3) is 0 Å². The first kappa shape index (κ1) is 16.4. The summed E-state index contributed by atoms with van der Waals surface area (Å²) in [6, 6.07) is 3.80. The van der Waals surface area contributed by atoms with Gasteiger partial charge in [-0.2, -0.15) is 0 Å². The SMILES string of the molecule is Cc1ccc(F)cc1S(=O)(=O)NCC1(CN)CCCCC1. The van der Waals surface area contributed by atoms with Crippen molar-refractivity contribution in [3.05, 3.63) is 29.6 Å². The third kappa shape index (κ3) is 3.81. The van der Waals surface area contributed by atoms with Crippen LogP contribution >= 0.6 is 0 Å². The molecule has 118 valence electrons. The van der Waals surface area contributed by atoms with Crippen molar-refractivity contribution in [2.45, 2.75) is 43.9 Å². The van der Waals surface area contributed by atoms with E-state index in [-0.39, 0.29) is 10.3 Å². The van der Waals surface area contributed by atoms with Crippen molar-refractivity contribution in [3.63, 3.8) is 0 Å². The molecule has 2 rings (SSSR count). The first-order valence-corrected chi connectivity index (χ1v) is 8.83. The smallest absolute Gasteiger partial charge is 0.240 e. The number of nitrogens with two attached hydrogens (primary N) is 1. The number of aryl methyl sites for hydroxylation is 1. The molecular formula is C15H23FN2O2S. The summed E-state index contributed by atoms with van der Waals surface area (Å²) >= 11 is 0. The van der Waals surface area contributed by atoms with Crippen molar-refractivity contribution in [2.75, 3.05) is 13.1 Å². The maximum atomic E-state index is 13.3. The molecule has 1 saturated carbocycles. The molecule has 0 aromatic heterocycles. The highest BCUT2D eigenvalue weighted by atomic mass is 32.2. The van der Waals surface area contributed by atoms with Crippen molar-refractivity contribution >= 4 is 10.0 Å². The lowest BCUT2D eigenvalue weighted by Crippen LogP contribution is -2.43. The summed E-state index contributed by atoms with van der Waals surface area (Å²) in [5, 5.41) is 0. The van der Waals surface area contributed by atoms with E-state index in [2.05, 4.69) is 4.72 Å². The van der Waals surface area contributed by atoms with Crippen LogP contribution in [-0.4, -0.2) is 21.5 Å². The van der Waals surface area contributed by atoms with Crippen LogP contribution in [0.1, 0.15) is 37.7 Å². The minimum Gasteiger partial charge on any atom is -0.330 e. The molecule has 1 fully saturated rings. The van der Waals surface area contributed by atoms with Gasteiger partial charge in [-0.25, -0.2) is 17.5 Å². The van der Waals surface area contributed by atoms with Gasteiger partial charge in [-0.3, -0.25) is 0 Å². The Balaban J connectivity index is 2.15. The number of rotatable bonds is 5. The van der Waals surface area contributed by atoms with Gasteiger partial charge in [0.1, 0.15) is 5.82 Å². The van der Waals surface area contributed by atoms with Crippen LogP contribution in [0.2, 0.25) is 0 Å². The standard InChI is InChI=1S/C15H23FN2O2S/c1-12-5-6-13(16)9-14(12)21(19,20)18-11-15(10-17)7-3-2-4-8-15/h5-6,9,18H,2-4,7-8,10-11,17H2,1H3. The molecule has 6 heteroatoms. The Labute approximate surface area is 126 Å². The third-order valence-electron chi connectivity index (χ3n) is 4.42. The van der Waals surface area contributed by atoms with E-state index in [1.807, 2.05) is 0 Å². The van der Waals surface area contributed by atoms with Gasteiger partial charge in [-0.1, -0.05) is 25.3 Å². The van der Waals surface area contributed by atoms with E-state index in [9.17, 15) is 12.8 Å². The van der Waals surface area contributed by atoms with E-state index < -0.39 is 15.8 Å². The third-order valence-corrected chi connectivity index (χ3v) is 5.97. The van der Waals surface area contributed by atoms with Crippen LogP contribution in [0.15, 0.2) is 23.1 Å². The molecule has 0 spiro atoms. The zero-order valence-electron chi connectivity index (χ0n) is 12.4. The predicted molar refractivity (Wildman–Crippen MR) is 80.9 cm³/mol. The average Bonchev–Trinajstić information content (AvgIpc) is 2.49. The Morgan fingerprint density at radius 2 is 1.95 bits per heavy atom. The van der Waals surface area contributed by atoms with E-state index in [4.69, 9.17) is 5.73 Å². The molecule has 0 unspecified atom stereocenters. The van der Waals surface area contributed by atoms with Crippen LogP contribution < -0.4 is 10.5 Å². The fourth-order valence-electron chi connectivity index (χ4n) is 2.94. The molecule has 0 amide bonds. The monoisotopic (exact) mass is 314 g/mol. The zero-order valence-corrected chi connectivity index (χ0v) is 13.2. The lowest BCUT2D eigenvalue weighted by Gasteiger charge is -2.36. The molecule has 21 heavy (non-hydrogen) atoms. The maximum Gasteiger partial charge on any atom is 0.240 e. The summed E-state index contributed by atoms with van der Waals surface area (Å²) < 4.78 is 40.7. The highest BCUT2D eigenvalue weighted by Crippen LogP contribution is 2.35. The van der Waals surface area contributed by atoms with Gasteiger partial charge in [0.2, 0.25) is 10.0 Å². The second kappa shape index (κ2) is 6.42. The Bertz CT molecular complexity index is 596. The minimum atomic E-state index is -3.71. The van der Waals surface area contributed by atoms with Crippen molar-refractivity contribution in [3.8, 4) is 0 Å². The normalized spacial score (nSPS) is 18.6. The molecule has 0 atom stereocenters. The molecule has 1 aliphatic carbocycles. The highest BCUT2D eigenvalue weighted by Gasteiger charge is 2.32. The topological polar surface area (TPSA) is 72.2 Å². The van der Waals surface area contributed by atoms with Crippen LogP contribution in [0.5, 0.6) is 0 Å². The number of hydrogen-bond acceptors (Lipinski definition) is 3. The number of sulfonamides is 1. The quantitative estimate of drug-likeness (QED) is 0.876. The van der Waals surface area contributed by atoms with Gasteiger partial charge >= 0.3 is 0 Å². The van der Waals surface area contributed by atoms with E-state index in [0.29, 0.717) is 18.7 Å². The summed E-state index contributed by atoms with van der Waals surface area (Å²) in [5.41, 5.74) is 6.24. The largest absolute Gasteiger partial charge is 0.330 e. The van der Waals surface area contributed by atoms with Gasteiger partial charge in [0.05, 0.1) is 4.90 Å². The van der Waals surface area contributed by atoms with Crippen molar-refractivity contribution in [2.24, 2.45) is 11.1 Å². The second-order valence-electron chi connectivity index (χ2n) is 6.00. The molecule has 1 aromatic carbocycles. The predicted octanol–water partition coefficient (Wildman–Crippen LogP) is 2.32. The fourth-order valence-corrected chi connectivity index (χ4v) is 4.36. The summed E-state index contributed by atoms with van der Waals surface area (Å²) in [6.45, 7) is 2.45. The summed E-state index contributed by atoms with van der Waals surface area (Å²) in [6.07, 6.45) is 5.22. The lowest BCUT2D eigenvalue weighted by molar-refractivity contribution is 0.202. The fraction of sp³-hybridized carbons (Fsp3) is 0.600. The van der Waals surface area contributed by atoms with Crippen LogP contribution in [0.3, 0.4) is 0 Å². The van der Waals surface area contributed by atoms with Gasteiger partial charge in [0.25, 0.3) is 0 Å². The Hall–Kier alpha value is -0.980. The Morgan fingerprint density at radius 3 is 2.57 bits per heavy atom. The summed E-state index contributed by atoms with van der Waals surface area (Å²) in [7, 11) is -3.71. The van der Waals surface area contributed by atoms with E-state index >= 15 is 0 Å². The molecule has 1 aromatic rings. The van der Waals surface area contributed by atoms with Crippen molar-refractivity contribution in [1.82, 2.24) is 4.72 Å². The molecule has 0 saturated heterocycles. The molecule has 4 nitrogen and oxygen atoms in total. The average molecular weight is 314 g/mol. The van der Waals surface area contributed by atoms with Crippen molar-refractivity contribution in [1.29, 1.82) is 0 Å². The summed E-state index contributed by atoms with van der Waals surface area (Å²) in [4.78, 5) is 0.00507. The zero-order chi connectivity index (χ0) is 15.5. The van der Waals surface area contributed by atoms with Gasteiger partial charge in [-0.05, 0) is 49.4 Å². The molecule has 1 aliphatic rings. The first-order chi connectivity index (χ1) is 9.88. The van der Waals surface area contributed by atoms with Gasteiger partial charge in [0.15, 0.2) is 0 Å². The van der Waals surface area contributed by atoms with Gasteiger partial charge < -0.3 is 5.73 Å². The molecule has 0 radical (unpaired) electrons. The molecule has 3 N–H and O–H groups in total. The molecule has 0 bridgehead atoms. The van der Waals surface area contributed by atoms with Crippen LogP contribution in [0.4, 0.5) is 4.39 Å². The molecule has 0 aliphatic heterocycles. The number of hydrogen-bond donors (Lipinski definition) is 2. The maximum absolute atomic E-state index is 13.3. The Morgan fingerprint density at radius 1 is 1.29 bits per heavy atom. The van der Waals surface area contributed by atoms with Crippen LogP contribution in [0, 0.1) is 18.2 Å². The van der Waals surface area contributed by atoms with E-state index in [1.165, 1.54) is 18.6 Å². The molecule has 0 heterocycles. The minimum absolute atomic E-state index is 0.00507.